The van der Waals surface area contributed by atoms with Gasteiger partial charge in [-0.25, -0.2) is 4.98 Å². The minimum Gasteiger partial charge on any atom is -0.493 e. The van der Waals surface area contributed by atoms with E-state index in [0.717, 1.165) is 5.31 Å². The molecule has 1 atom stereocenters. The third-order valence-electron chi connectivity index (χ3n) is 4.27. The molecule has 0 radical (unpaired) electrons. The number of hydrogen-bond donors (Lipinski definition) is 2. The van der Waals surface area contributed by atoms with E-state index in [-0.39, 0.29) is 64.9 Å². The first kappa shape index (κ1) is 13.4. The van der Waals surface area contributed by atoms with Crippen LogP contribution in [0.1, 0.15) is 23.4 Å². The van der Waals surface area contributed by atoms with Gasteiger partial charge in [-0.3, -0.25) is 4.79 Å². The molecule has 1 aliphatic heterocycles. The largest absolute Gasteiger partial charge is 0.493 e. The van der Waals surface area contributed by atoms with E-state index >= 15 is 0 Å². The Kier molecular flexibility index (Phi) is 4.26. The van der Waals surface area contributed by atoms with Crippen molar-refractivity contribution in [3.05, 3.63) is 12.1 Å². The zero-order chi connectivity index (χ0) is 25.2. The molecule has 9 heteroatoms. The predicted octanol–water partition coefficient (Wildman–Crippen LogP) is 1.35. The molecule has 1 unspecified atom stereocenters. The first-order valence-corrected chi connectivity index (χ1v) is 8.92. The summed E-state index contributed by atoms with van der Waals surface area (Å²) in [7, 11) is 4.31. The van der Waals surface area contributed by atoms with Crippen molar-refractivity contribution in [2.24, 2.45) is 0 Å². The minimum absolute atomic E-state index is 0.00146. The topological polar surface area (TPSA) is 112 Å². The van der Waals surface area contributed by atoms with E-state index in [2.05, 4.69) is 9.97 Å². The van der Waals surface area contributed by atoms with Crippen LogP contribution in [0.4, 0.5) is 11.8 Å². The van der Waals surface area contributed by atoms with Gasteiger partial charge in [-0.2, -0.15) is 4.98 Å². The number of fused-ring (bicyclic) bond motifs is 1. The summed E-state index contributed by atoms with van der Waals surface area (Å²) in [5.74, 6) is -0.851. The fraction of sp³-hybridized carbons (Fsp3) is 0.526. The van der Waals surface area contributed by atoms with Crippen LogP contribution in [0.25, 0.3) is 10.9 Å². The lowest BCUT2D eigenvalue weighted by atomic mass is 10.2. The number of rotatable bonds is 9. The number of amides is 1. The highest BCUT2D eigenvalue weighted by Gasteiger charge is 2.22. The standard InChI is InChI=1S/C19H27N5O4/c1-24(8-5-7-21-18(25)14-6-4-9-28-14)19-22-13-11-16(27-3)15(26-2)10-12(13)17(20)23-19/h10-11,14H,4-9H2,1-3H3,(H,21,25)(H2,20,22,23)/i10D,11D,14D/hD3. The molecule has 152 valence electrons. The molecular formula is C19H27N5O4. The van der Waals surface area contributed by atoms with Crippen molar-refractivity contribution in [3.8, 4) is 11.5 Å². The van der Waals surface area contributed by atoms with Crippen molar-refractivity contribution in [1.82, 2.24) is 15.3 Å². The molecular weight excluding hydrogens is 362 g/mol. The summed E-state index contributed by atoms with van der Waals surface area (Å²) in [6.07, 6.45) is -0.500. The number of nitrogens with zero attached hydrogens (tertiary/aromatic N) is 3. The number of anilines is 2. The van der Waals surface area contributed by atoms with Crippen LogP contribution < -0.4 is 25.4 Å². The van der Waals surface area contributed by atoms with Crippen LogP contribution in [-0.2, 0) is 9.53 Å². The number of methoxy groups -OCH3 is 2. The number of aromatic nitrogens is 2. The van der Waals surface area contributed by atoms with Crippen molar-refractivity contribution in [3.63, 3.8) is 0 Å². The molecule has 1 fully saturated rings. The smallest absolute Gasteiger partial charge is 0.249 e. The fourth-order valence-electron chi connectivity index (χ4n) is 2.78. The molecule has 9 nitrogen and oxygen atoms in total. The first-order chi connectivity index (χ1) is 16.1. The van der Waals surface area contributed by atoms with Gasteiger partial charge in [0.05, 0.1) is 23.8 Å². The number of nitrogens with two attached hydrogens (primary N) is 1. The predicted molar refractivity (Wildman–Crippen MR) is 107 cm³/mol. The second-order valence-electron chi connectivity index (χ2n) is 6.22. The minimum atomic E-state index is -1.70. The highest BCUT2D eigenvalue weighted by Crippen LogP contribution is 2.33. The molecule has 1 aliphatic rings. The van der Waals surface area contributed by atoms with Gasteiger partial charge < -0.3 is 30.1 Å². The van der Waals surface area contributed by atoms with Gasteiger partial charge in [0.2, 0.25) is 11.9 Å². The van der Waals surface area contributed by atoms with E-state index in [4.69, 9.17) is 22.6 Å². The average Bonchev–Trinajstić information content (AvgIpc) is 3.26. The van der Waals surface area contributed by atoms with Gasteiger partial charge in [-0.1, -0.05) is 0 Å². The second kappa shape index (κ2) is 8.92. The highest BCUT2D eigenvalue weighted by atomic mass is 16.5. The molecule has 0 bridgehead atoms. The zero-order valence-electron chi connectivity index (χ0n) is 22.1. The monoisotopic (exact) mass is 395 g/mol. The zero-order valence-corrected chi connectivity index (χ0v) is 16.1. The van der Waals surface area contributed by atoms with Gasteiger partial charge >= 0.3 is 0 Å². The number of carbonyl (C=O) groups is 1. The molecule has 1 saturated heterocycles. The molecule has 1 amide bonds. The summed E-state index contributed by atoms with van der Waals surface area (Å²) in [5.41, 5.74) is 0.260. The Morgan fingerprint density at radius 2 is 2.29 bits per heavy atom. The van der Waals surface area contributed by atoms with Crippen molar-refractivity contribution in [2.75, 3.05) is 51.6 Å². The molecule has 0 spiro atoms. The number of nitrogens with one attached hydrogen (secondary N) is 1. The normalized spacial score (nSPS) is 21.7. The van der Waals surface area contributed by atoms with Crippen LogP contribution in [0.2, 0.25) is 4.24 Å². The van der Waals surface area contributed by atoms with Gasteiger partial charge in [0, 0.05) is 38.2 Å². The third kappa shape index (κ3) is 4.36. The molecule has 28 heavy (non-hydrogen) atoms. The third-order valence-corrected chi connectivity index (χ3v) is 4.27. The van der Waals surface area contributed by atoms with Crippen LogP contribution in [0.3, 0.4) is 0 Å². The van der Waals surface area contributed by atoms with Crippen LogP contribution >= 0.6 is 0 Å². The lowest BCUT2D eigenvalue weighted by Crippen LogP contribution is -2.36. The Balaban J connectivity index is 1.85. The SMILES string of the molecule is [2H]c1c(OC)c(OC)c([2H])c2c(N([2H])[2H])nc(N(C)CCCN([2H])C(=O)C3([2H])CCCO3)nc12. The molecule has 1 aromatic carbocycles. The maximum absolute atomic E-state index is 12.3. The van der Waals surface area contributed by atoms with Crippen molar-refractivity contribution in [2.45, 2.75) is 25.3 Å². The van der Waals surface area contributed by atoms with E-state index in [0.29, 0.717) is 26.0 Å². The van der Waals surface area contributed by atoms with E-state index < -0.39 is 12.0 Å². The summed E-state index contributed by atoms with van der Waals surface area (Å²) >= 11 is 0. The van der Waals surface area contributed by atoms with E-state index in [1.54, 1.807) is 11.9 Å². The molecule has 0 aliphatic carbocycles. The van der Waals surface area contributed by atoms with E-state index in [1.807, 2.05) is 0 Å². The quantitative estimate of drug-likeness (QED) is 0.654. The van der Waals surface area contributed by atoms with Gasteiger partial charge in [0.15, 0.2) is 15.7 Å². The highest BCUT2D eigenvalue weighted by molar-refractivity contribution is 5.91. The van der Waals surface area contributed by atoms with E-state index in [9.17, 15) is 4.79 Å². The number of benzene rings is 1. The number of hydrogen-bond acceptors (Lipinski definition) is 8. The summed E-state index contributed by atoms with van der Waals surface area (Å²) in [6, 6.07) is -0.383. The summed E-state index contributed by atoms with van der Waals surface area (Å²) < 4.78 is 64.0. The molecule has 0 saturated carbocycles. The summed E-state index contributed by atoms with van der Waals surface area (Å²) in [5, 5.41) is 0.726. The van der Waals surface area contributed by atoms with Gasteiger partial charge in [0.25, 0.3) is 0 Å². The Bertz CT molecular complexity index is 1070. The van der Waals surface area contributed by atoms with Crippen LogP contribution in [0, 0.1) is 0 Å². The van der Waals surface area contributed by atoms with Gasteiger partial charge in [0.1, 0.15) is 11.9 Å². The molecule has 3 N–H and O–H groups in total. The average molecular weight is 395 g/mol. The van der Waals surface area contributed by atoms with Gasteiger partial charge in [-0.15, -0.1) is 0 Å². The Morgan fingerprint density at radius 1 is 1.50 bits per heavy atom. The number of carbonyl (C=O) groups excluding carboxylic acids is 1. The summed E-state index contributed by atoms with van der Waals surface area (Å²) in [6.45, 7) is 0.664. The Hall–Kier alpha value is -2.81. The number of nitrogen functional groups attached to an aromatic ring is 1. The molecule has 1 aromatic heterocycles. The fourth-order valence-corrected chi connectivity index (χ4v) is 2.78. The van der Waals surface area contributed by atoms with Crippen LogP contribution in [0.5, 0.6) is 11.5 Å². The summed E-state index contributed by atoms with van der Waals surface area (Å²) in [4.78, 5) is 22.5. The van der Waals surface area contributed by atoms with Crippen molar-refractivity contribution in [1.29, 1.82) is 0 Å². The Labute approximate surface area is 172 Å². The first-order valence-electron chi connectivity index (χ1n) is 11.8. The van der Waals surface area contributed by atoms with Crippen LogP contribution in [-0.4, -0.2) is 62.9 Å². The van der Waals surface area contributed by atoms with Crippen LogP contribution in [0.15, 0.2) is 12.1 Å². The molecule has 3 rings (SSSR count). The van der Waals surface area contributed by atoms with Crippen molar-refractivity contribution >= 4 is 28.6 Å². The number of ether oxygens (including phenoxy) is 3. The second-order valence-corrected chi connectivity index (χ2v) is 6.22. The maximum atomic E-state index is 12.3. The Morgan fingerprint density at radius 3 is 2.96 bits per heavy atom. The van der Waals surface area contributed by atoms with E-state index in [1.165, 1.54) is 14.2 Å². The lowest BCUT2D eigenvalue weighted by Gasteiger charge is -2.19. The maximum Gasteiger partial charge on any atom is 0.249 e. The molecule has 2 aromatic rings. The van der Waals surface area contributed by atoms with Gasteiger partial charge in [-0.05, 0) is 25.3 Å². The van der Waals surface area contributed by atoms with Crippen molar-refractivity contribution < 1.29 is 27.4 Å². The molecule has 2 heterocycles. The lowest BCUT2D eigenvalue weighted by molar-refractivity contribution is -0.130.